The van der Waals surface area contributed by atoms with Gasteiger partial charge in [-0.05, 0) is 42.9 Å². The van der Waals surface area contributed by atoms with Gasteiger partial charge in [-0.2, -0.15) is 0 Å². The van der Waals surface area contributed by atoms with Crippen LogP contribution in [-0.4, -0.2) is 14.1 Å². The number of hydrogen-bond acceptors (Lipinski definition) is 1. The number of allylic oxidation sites excluding steroid dienone is 1. The van der Waals surface area contributed by atoms with E-state index in [1.54, 1.807) is 0 Å². The first-order valence-electron chi connectivity index (χ1n) is 5.52. The highest BCUT2D eigenvalue weighted by Gasteiger charge is 2.38. The lowest BCUT2D eigenvalue weighted by Gasteiger charge is -2.12. The van der Waals surface area contributed by atoms with Crippen molar-refractivity contribution in [2.45, 2.75) is 19.3 Å². The fraction of sp³-hybridized carbons (Fsp3) is 0.429. The van der Waals surface area contributed by atoms with Gasteiger partial charge >= 0.3 is 0 Å². The summed E-state index contributed by atoms with van der Waals surface area (Å²) in [5.41, 5.74) is 4.07. The lowest BCUT2D eigenvalue weighted by molar-refractivity contribution is 0.944. The van der Waals surface area contributed by atoms with Crippen molar-refractivity contribution in [3.05, 3.63) is 42.0 Å². The summed E-state index contributed by atoms with van der Waals surface area (Å²) in [5.74, 6) is 1.47. The monoisotopic (exact) mass is 201 g/mol. The molecule has 1 aromatic carbocycles. The van der Waals surface area contributed by atoms with E-state index in [9.17, 15) is 0 Å². The van der Waals surface area contributed by atoms with Crippen LogP contribution < -0.4 is 4.90 Å². The van der Waals surface area contributed by atoms with Crippen molar-refractivity contribution < 1.29 is 0 Å². The second-order valence-electron chi connectivity index (χ2n) is 4.78. The van der Waals surface area contributed by atoms with Gasteiger partial charge in [-0.25, -0.2) is 0 Å². The quantitative estimate of drug-likeness (QED) is 0.677. The molecule has 0 spiro atoms. The molecule has 0 aromatic heterocycles. The Morgan fingerprint density at radius 3 is 2.27 bits per heavy atom. The van der Waals surface area contributed by atoms with E-state index < -0.39 is 0 Å². The minimum atomic E-state index is 0.732. The van der Waals surface area contributed by atoms with E-state index >= 15 is 0 Å². The van der Waals surface area contributed by atoms with E-state index in [1.165, 1.54) is 23.2 Å². The maximum Gasteiger partial charge on any atom is 0.0361 e. The summed E-state index contributed by atoms with van der Waals surface area (Å²) in [6, 6.07) is 8.90. The van der Waals surface area contributed by atoms with Crippen LogP contribution in [0.4, 0.5) is 5.69 Å². The zero-order valence-electron chi connectivity index (χ0n) is 9.83. The molecule has 1 heteroatoms. The molecule has 1 aliphatic rings. The van der Waals surface area contributed by atoms with Gasteiger partial charge in [-0.1, -0.05) is 24.3 Å². The van der Waals surface area contributed by atoms with Gasteiger partial charge < -0.3 is 4.90 Å². The summed E-state index contributed by atoms with van der Waals surface area (Å²) >= 11 is 0. The number of hydrogen-bond donors (Lipinski definition) is 0. The van der Waals surface area contributed by atoms with Crippen molar-refractivity contribution in [2.75, 3.05) is 19.0 Å². The predicted molar refractivity (Wildman–Crippen MR) is 66.4 cm³/mol. The summed E-state index contributed by atoms with van der Waals surface area (Å²) in [7, 11) is 4.14. The molecule has 0 radical (unpaired) electrons. The van der Waals surface area contributed by atoms with E-state index in [-0.39, 0.29) is 0 Å². The van der Waals surface area contributed by atoms with E-state index in [1.807, 2.05) is 0 Å². The van der Waals surface area contributed by atoms with Crippen molar-refractivity contribution in [1.82, 2.24) is 0 Å². The molecule has 2 unspecified atom stereocenters. The molecule has 1 saturated carbocycles. The Bertz CT molecular complexity index is 361. The Morgan fingerprint density at radius 1 is 1.27 bits per heavy atom. The first-order chi connectivity index (χ1) is 7.09. The Kier molecular flexibility index (Phi) is 2.56. The molecule has 0 N–H and O–H groups in total. The molecule has 2 atom stereocenters. The number of nitrogens with zero attached hydrogens (tertiary/aromatic N) is 1. The molecule has 0 aliphatic heterocycles. The molecular formula is C14H19N. The second kappa shape index (κ2) is 3.73. The van der Waals surface area contributed by atoms with Gasteiger partial charge in [0, 0.05) is 19.8 Å². The van der Waals surface area contributed by atoms with Crippen molar-refractivity contribution in [1.29, 1.82) is 0 Å². The molecule has 80 valence electrons. The minimum Gasteiger partial charge on any atom is -0.378 e. The fourth-order valence-electron chi connectivity index (χ4n) is 2.13. The van der Waals surface area contributed by atoms with Gasteiger partial charge in [0.05, 0.1) is 0 Å². The predicted octanol–water partition coefficient (Wildman–Crippen LogP) is 3.43. The Hall–Kier alpha value is -1.24. The number of rotatable bonds is 3. The summed E-state index contributed by atoms with van der Waals surface area (Å²) < 4.78 is 0. The molecule has 2 rings (SSSR count). The number of anilines is 1. The standard InChI is InChI=1S/C14H19N/c1-10(2)13-9-14(13)11-5-7-12(8-6-11)15(3)4/h5-8,13-14H,1,9H2,2-4H3. The van der Waals surface area contributed by atoms with Crippen molar-refractivity contribution >= 4 is 5.69 Å². The molecule has 1 nitrogen and oxygen atoms in total. The average molecular weight is 201 g/mol. The first-order valence-corrected chi connectivity index (χ1v) is 5.52. The van der Waals surface area contributed by atoms with E-state index in [0.29, 0.717) is 0 Å². The van der Waals surface area contributed by atoms with E-state index in [0.717, 1.165) is 11.8 Å². The van der Waals surface area contributed by atoms with Crippen LogP contribution in [0.2, 0.25) is 0 Å². The molecular weight excluding hydrogens is 182 g/mol. The molecule has 0 amide bonds. The van der Waals surface area contributed by atoms with Crippen LogP contribution in [0.25, 0.3) is 0 Å². The summed E-state index contributed by atoms with van der Waals surface area (Å²) in [4.78, 5) is 2.13. The fourth-order valence-corrected chi connectivity index (χ4v) is 2.13. The largest absolute Gasteiger partial charge is 0.378 e. The van der Waals surface area contributed by atoms with Crippen LogP contribution in [0.1, 0.15) is 24.8 Å². The first kappa shape index (κ1) is 10.3. The van der Waals surface area contributed by atoms with Crippen molar-refractivity contribution in [3.8, 4) is 0 Å². The van der Waals surface area contributed by atoms with Crippen molar-refractivity contribution in [2.24, 2.45) is 5.92 Å². The van der Waals surface area contributed by atoms with E-state index in [2.05, 4.69) is 56.8 Å². The highest BCUT2D eigenvalue weighted by Crippen LogP contribution is 2.51. The van der Waals surface area contributed by atoms with Gasteiger partial charge in [-0.3, -0.25) is 0 Å². The third-order valence-electron chi connectivity index (χ3n) is 3.26. The third-order valence-corrected chi connectivity index (χ3v) is 3.26. The van der Waals surface area contributed by atoms with Crippen LogP contribution in [0.5, 0.6) is 0 Å². The molecule has 0 bridgehead atoms. The van der Waals surface area contributed by atoms with Gasteiger partial charge in [-0.15, -0.1) is 0 Å². The SMILES string of the molecule is C=C(C)C1CC1c1ccc(N(C)C)cc1. The van der Waals surface area contributed by atoms with Gasteiger partial charge in [0.2, 0.25) is 0 Å². The van der Waals surface area contributed by atoms with Crippen LogP contribution in [0.15, 0.2) is 36.4 Å². The summed E-state index contributed by atoms with van der Waals surface area (Å²) in [6.45, 7) is 6.17. The van der Waals surface area contributed by atoms with Crippen LogP contribution in [0, 0.1) is 5.92 Å². The highest BCUT2D eigenvalue weighted by molar-refractivity contribution is 5.47. The molecule has 1 aliphatic carbocycles. The molecule has 1 aromatic rings. The minimum absolute atomic E-state index is 0.732. The van der Waals surface area contributed by atoms with Gasteiger partial charge in [0.1, 0.15) is 0 Å². The molecule has 0 heterocycles. The smallest absolute Gasteiger partial charge is 0.0361 e. The lowest BCUT2D eigenvalue weighted by atomic mass is 10.1. The van der Waals surface area contributed by atoms with Crippen LogP contribution in [-0.2, 0) is 0 Å². The Morgan fingerprint density at radius 2 is 1.87 bits per heavy atom. The van der Waals surface area contributed by atoms with Gasteiger partial charge in [0.15, 0.2) is 0 Å². The van der Waals surface area contributed by atoms with Gasteiger partial charge in [0.25, 0.3) is 0 Å². The van der Waals surface area contributed by atoms with E-state index in [4.69, 9.17) is 0 Å². The van der Waals surface area contributed by atoms with Crippen molar-refractivity contribution in [3.63, 3.8) is 0 Å². The zero-order valence-corrected chi connectivity index (χ0v) is 9.83. The summed E-state index contributed by atoms with van der Waals surface area (Å²) in [6.07, 6.45) is 1.29. The molecule has 0 saturated heterocycles. The highest BCUT2D eigenvalue weighted by atomic mass is 15.1. The lowest BCUT2D eigenvalue weighted by Crippen LogP contribution is -2.08. The summed E-state index contributed by atoms with van der Waals surface area (Å²) in [5, 5.41) is 0. The van der Waals surface area contributed by atoms with Crippen LogP contribution >= 0.6 is 0 Å². The normalized spacial score (nSPS) is 23.7. The Labute approximate surface area is 92.4 Å². The second-order valence-corrected chi connectivity index (χ2v) is 4.78. The maximum atomic E-state index is 4.03. The molecule has 15 heavy (non-hydrogen) atoms. The Balaban J connectivity index is 2.09. The maximum absolute atomic E-state index is 4.03. The third kappa shape index (κ3) is 2.06. The van der Waals surface area contributed by atoms with Crippen LogP contribution in [0.3, 0.4) is 0 Å². The topological polar surface area (TPSA) is 3.24 Å². The molecule has 1 fully saturated rings. The average Bonchev–Trinajstić information content (AvgIpc) is 2.97. The zero-order chi connectivity index (χ0) is 11.0. The number of benzene rings is 1.